The second-order valence-corrected chi connectivity index (χ2v) is 13.7. The average molecular weight is 567 g/mol. The minimum absolute atomic E-state index is 0.564. The van der Waals surface area contributed by atoms with E-state index < -0.39 is 11.7 Å². The van der Waals surface area contributed by atoms with Crippen LogP contribution in [-0.2, 0) is 0 Å². The molecule has 0 rings (SSSR count). The third-order valence-corrected chi connectivity index (χ3v) is 9.34. The van der Waals surface area contributed by atoms with Crippen molar-refractivity contribution in [1.29, 1.82) is 0 Å². The van der Waals surface area contributed by atoms with Crippen molar-refractivity contribution < 1.29 is 10.2 Å². The van der Waals surface area contributed by atoms with E-state index in [2.05, 4.69) is 13.8 Å². The molecule has 0 heterocycles. The minimum atomic E-state index is -0.911. The predicted molar refractivity (Wildman–Crippen MR) is 180 cm³/mol. The Balaban J connectivity index is 3.39. The molecule has 0 amide bonds. The summed E-state index contributed by atoms with van der Waals surface area (Å²) in [5.41, 5.74) is -0.911. The van der Waals surface area contributed by atoms with Gasteiger partial charge in [0.05, 0.1) is 11.7 Å². The maximum Gasteiger partial charge on any atom is 0.0877 e. The van der Waals surface area contributed by atoms with Crippen LogP contribution >= 0.6 is 0 Å². The zero-order valence-electron chi connectivity index (χ0n) is 28.3. The summed E-state index contributed by atoms with van der Waals surface area (Å²) in [5, 5.41) is 21.3. The van der Waals surface area contributed by atoms with Gasteiger partial charge in [-0.25, -0.2) is 0 Å². The van der Waals surface area contributed by atoms with Gasteiger partial charge in [-0.05, 0) is 19.8 Å². The summed E-state index contributed by atoms with van der Waals surface area (Å²) < 4.78 is 0. The van der Waals surface area contributed by atoms with Crippen LogP contribution < -0.4 is 0 Å². The molecule has 40 heavy (non-hydrogen) atoms. The van der Waals surface area contributed by atoms with Crippen LogP contribution in [-0.4, -0.2) is 21.9 Å². The second-order valence-electron chi connectivity index (χ2n) is 13.7. The Hall–Kier alpha value is -0.0800. The highest BCUT2D eigenvalue weighted by Crippen LogP contribution is 2.24. The number of unbranched alkanes of at least 4 members (excludes halogenated alkanes) is 29. The summed E-state index contributed by atoms with van der Waals surface area (Å²) in [4.78, 5) is 0. The van der Waals surface area contributed by atoms with Gasteiger partial charge >= 0.3 is 0 Å². The Morgan fingerprint density at radius 1 is 0.375 bits per heavy atom. The van der Waals surface area contributed by atoms with Crippen LogP contribution in [0.25, 0.3) is 0 Å². The molecule has 2 heteroatoms. The van der Waals surface area contributed by atoms with Crippen molar-refractivity contribution in [3.63, 3.8) is 0 Å². The highest BCUT2D eigenvalue weighted by Gasteiger charge is 2.28. The molecule has 0 aromatic heterocycles. The fourth-order valence-electron chi connectivity index (χ4n) is 6.22. The van der Waals surface area contributed by atoms with Crippen LogP contribution in [0.15, 0.2) is 0 Å². The van der Waals surface area contributed by atoms with Crippen molar-refractivity contribution in [3.8, 4) is 0 Å². The summed E-state index contributed by atoms with van der Waals surface area (Å²) in [5.74, 6) is 0. The summed E-state index contributed by atoms with van der Waals surface area (Å²) in [6.07, 6.45) is 43.2. The Morgan fingerprint density at radius 2 is 0.600 bits per heavy atom. The average Bonchev–Trinajstić information content (AvgIpc) is 2.94. The van der Waals surface area contributed by atoms with Crippen LogP contribution in [0.3, 0.4) is 0 Å². The Morgan fingerprint density at radius 3 is 0.875 bits per heavy atom. The van der Waals surface area contributed by atoms with Crippen molar-refractivity contribution in [2.75, 3.05) is 0 Å². The molecule has 0 spiro atoms. The van der Waals surface area contributed by atoms with Crippen LogP contribution in [0.1, 0.15) is 233 Å². The van der Waals surface area contributed by atoms with E-state index in [1.807, 2.05) is 6.92 Å². The lowest BCUT2D eigenvalue weighted by Gasteiger charge is -2.29. The van der Waals surface area contributed by atoms with Gasteiger partial charge in [-0.15, -0.1) is 0 Å². The Kier molecular flexibility index (Phi) is 31.8. The lowest BCUT2D eigenvalue weighted by molar-refractivity contribution is -0.0721. The number of aliphatic hydroxyl groups excluding tert-OH is 1. The second kappa shape index (κ2) is 31.8. The van der Waals surface area contributed by atoms with Gasteiger partial charge in [0.2, 0.25) is 0 Å². The van der Waals surface area contributed by atoms with Gasteiger partial charge in [-0.3, -0.25) is 0 Å². The van der Waals surface area contributed by atoms with Crippen LogP contribution in [0.4, 0.5) is 0 Å². The van der Waals surface area contributed by atoms with Gasteiger partial charge in [0.15, 0.2) is 0 Å². The monoisotopic (exact) mass is 567 g/mol. The van der Waals surface area contributed by atoms with E-state index in [4.69, 9.17) is 0 Å². The summed E-state index contributed by atoms with van der Waals surface area (Å²) in [6, 6.07) is 0. The number of hydrogen-bond acceptors (Lipinski definition) is 2. The quantitative estimate of drug-likeness (QED) is 0.0760. The summed E-state index contributed by atoms with van der Waals surface area (Å²) in [7, 11) is 0. The van der Waals surface area contributed by atoms with Crippen molar-refractivity contribution in [2.24, 2.45) is 0 Å². The van der Waals surface area contributed by atoms with Crippen LogP contribution in [0, 0.1) is 0 Å². The van der Waals surface area contributed by atoms with E-state index in [-0.39, 0.29) is 0 Å². The zero-order valence-corrected chi connectivity index (χ0v) is 28.3. The number of aliphatic hydroxyl groups is 2. The molecule has 2 nitrogen and oxygen atoms in total. The largest absolute Gasteiger partial charge is 0.390 e. The highest BCUT2D eigenvalue weighted by molar-refractivity contribution is 4.81. The molecule has 0 aromatic carbocycles. The molecule has 242 valence electrons. The SMILES string of the molecule is CCCCCCCCCCCCCCCCCCCC(O)C(C)(O)CCCCCCCCCCCCCCCC. The molecular weight excluding hydrogens is 488 g/mol. The molecule has 2 unspecified atom stereocenters. The molecule has 0 saturated carbocycles. The third kappa shape index (κ3) is 29.4. The van der Waals surface area contributed by atoms with Crippen LogP contribution in [0.2, 0.25) is 0 Å². The fraction of sp³-hybridized carbons (Fsp3) is 1.00. The number of rotatable bonds is 34. The topological polar surface area (TPSA) is 40.5 Å². The molecule has 0 aliphatic carbocycles. The van der Waals surface area contributed by atoms with E-state index >= 15 is 0 Å². The smallest absolute Gasteiger partial charge is 0.0877 e. The maximum atomic E-state index is 10.8. The van der Waals surface area contributed by atoms with Gasteiger partial charge in [-0.2, -0.15) is 0 Å². The van der Waals surface area contributed by atoms with Gasteiger partial charge in [0.25, 0.3) is 0 Å². The zero-order chi connectivity index (χ0) is 29.4. The van der Waals surface area contributed by atoms with E-state index in [0.717, 1.165) is 25.7 Å². The first-order valence-electron chi connectivity index (χ1n) is 18.9. The lowest BCUT2D eigenvalue weighted by Crippen LogP contribution is -2.39. The normalized spacial score (nSPS) is 14.0. The Labute approximate surface area is 254 Å². The van der Waals surface area contributed by atoms with Gasteiger partial charge in [0, 0.05) is 0 Å². The molecule has 2 atom stereocenters. The van der Waals surface area contributed by atoms with Crippen molar-refractivity contribution >= 4 is 0 Å². The maximum absolute atomic E-state index is 10.8. The molecule has 0 aliphatic rings. The van der Waals surface area contributed by atoms with Gasteiger partial charge < -0.3 is 10.2 Å². The van der Waals surface area contributed by atoms with Gasteiger partial charge in [-0.1, -0.05) is 213 Å². The third-order valence-electron chi connectivity index (χ3n) is 9.34. The van der Waals surface area contributed by atoms with Crippen molar-refractivity contribution in [3.05, 3.63) is 0 Å². The first-order valence-corrected chi connectivity index (χ1v) is 18.9. The van der Waals surface area contributed by atoms with Gasteiger partial charge in [0.1, 0.15) is 0 Å². The molecule has 0 aromatic rings. The molecule has 2 N–H and O–H groups in total. The van der Waals surface area contributed by atoms with Crippen LogP contribution in [0.5, 0.6) is 0 Å². The minimum Gasteiger partial charge on any atom is -0.390 e. The number of hydrogen-bond donors (Lipinski definition) is 2. The standard InChI is InChI=1S/C38H78O2/c1-4-6-8-10-12-14-16-18-20-21-22-23-25-27-29-31-33-35-37(39)38(3,40)36-34-32-30-28-26-24-19-17-15-13-11-9-7-5-2/h37,39-40H,4-36H2,1-3H3. The first kappa shape index (κ1) is 39.9. The molecular formula is C38H78O2. The summed E-state index contributed by atoms with van der Waals surface area (Å²) >= 11 is 0. The van der Waals surface area contributed by atoms with Crippen molar-refractivity contribution in [1.82, 2.24) is 0 Å². The summed E-state index contributed by atoms with van der Waals surface area (Å²) in [6.45, 7) is 6.43. The van der Waals surface area contributed by atoms with Crippen molar-refractivity contribution in [2.45, 2.75) is 244 Å². The van der Waals surface area contributed by atoms with E-state index in [0.29, 0.717) is 0 Å². The van der Waals surface area contributed by atoms with E-state index in [1.54, 1.807) is 0 Å². The van der Waals surface area contributed by atoms with E-state index in [9.17, 15) is 10.2 Å². The fourth-order valence-corrected chi connectivity index (χ4v) is 6.22. The lowest BCUT2D eigenvalue weighted by atomic mass is 9.89. The highest BCUT2D eigenvalue weighted by atomic mass is 16.3. The molecule has 0 saturated heterocycles. The van der Waals surface area contributed by atoms with E-state index in [1.165, 1.54) is 186 Å². The predicted octanol–water partition coefficient (Wildman–Crippen LogP) is 13.0. The molecule has 0 bridgehead atoms. The molecule has 0 fully saturated rings. The molecule has 0 radical (unpaired) electrons. The first-order chi connectivity index (χ1) is 19.5. The Bertz CT molecular complexity index is 460. The molecule has 0 aliphatic heterocycles.